The molecule has 9 heteroatoms. The zero-order valence-corrected chi connectivity index (χ0v) is 28.7. The minimum atomic E-state index is -4.18. The lowest BCUT2D eigenvalue weighted by Gasteiger charge is -2.34. The van der Waals surface area contributed by atoms with Crippen LogP contribution in [0.1, 0.15) is 53.5 Å². The third-order valence-electron chi connectivity index (χ3n) is 8.65. The van der Waals surface area contributed by atoms with Crippen molar-refractivity contribution in [1.29, 1.82) is 0 Å². The van der Waals surface area contributed by atoms with Gasteiger partial charge in [-0.05, 0) is 86.2 Å². The summed E-state index contributed by atoms with van der Waals surface area (Å²) in [6, 6.07) is 28.0. The molecule has 4 aromatic carbocycles. The zero-order chi connectivity index (χ0) is 33.6. The Morgan fingerprint density at radius 2 is 1.45 bits per heavy atom. The molecule has 0 heterocycles. The van der Waals surface area contributed by atoms with Gasteiger partial charge in [0, 0.05) is 24.0 Å². The predicted molar refractivity (Wildman–Crippen MR) is 188 cm³/mol. The number of carbonyl (C=O) groups is 2. The van der Waals surface area contributed by atoms with E-state index in [0.717, 1.165) is 52.2 Å². The van der Waals surface area contributed by atoms with E-state index in [1.165, 1.54) is 4.90 Å². The third kappa shape index (κ3) is 8.62. The van der Waals surface area contributed by atoms with Gasteiger partial charge in [-0.3, -0.25) is 13.9 Å². The molecular weight excluding hydrogens is 630 g/mol. The molecule has 2 amide bonds. The highest BCUT2D eigenvalue weighted by Crippen LogP contribution is 2.28. The number of benzene rings is 4. The highest BCUT2D eigenvalue weighted by molar-refractivity contribution is 7.92. The molecule has 1 aliphatic carbocycles. The average Bonchev–Trinajstić information content (AvgIpc) is 3.55. The number of nitrogens with zero attached hydrogens (tertiary/aromatic N) is 2. The van der Waals surface area contributed by atoms with Crippen LogP contribution < -0.4 is 9.62 Å². The molecule has 0 spiro atoms. The SMILES string of the molecule is Cc1ccc(S(=O)(=O)N(CC(=O)N(Cc2ccccc2Cl)[C@H](Cc2ccccc2)C(=O)NC2CCCC2)c2cc(C)cc(C)c2)cc1. The van der Waals surface area contributed by atoms with E-state index >= 15 is 0 Å². The molecule has 0 aliphatic heterocycles. The topological polar surface area (TPSA) is 86.8 Å². The summed E-state index contributed by atoms with van der Waals surface area (Å²) in [5.74, 6) is -0.775. The van der Waals surface area contributed by atoms with E-state index in [9.17, 15) is 18.0 Å². The number of nitrogens with one attached hydrogen (secondary N) is 1. The minimum Gasteiger partial charge on any atom is -0.352 e. The van der Waals surface area contributed by atoms with Gasteiger partial charge in [0.25, 0.3) is 10.0 Å². The van der Waals surface area contributed by atoms with Crippen LogP contribution in [0, 0.1) is 20.8 Å². The Morgan fingerprint density at radius 3 is 2.09 bits per heavy atom. The van der Waals surface area contributed by atoms with Crippen molar-refractivity contribution in [3.05, 3.63) is 130 Å². The Labute approximate surface area is 283 Å². The van der Waals surface area contributed by atoms with Gasteiger partial charge in [0.2, 0.25) is 11.8 Å². The van der Waals surface area contributed by atoms with Crippen molar-refractivity contribution in [1.82, 2.24) is 10.2 Å². The Bertz CT molecular complexity index is 1790. The van der Waals surface area contributed by atoms with Crippen LogP contribution in [0.5, 0.6) is 0 Å². The van der Waals surface area contributed by atoms with E-state index in [2.05, 4.69) is 5.32 Å². The number of carbonyl (C=O) groups excluding carboxylic acids is 2. The second kappa shape index (κ2) is 15.2. The van der Waals surface area contributed by atoms with E-state index < -0.39 is 28.5 Å². The van der Waals surface area contributed by atoms with Crippen molar-refractivity contribution in [2.75, 3.05) is 10.8 Å². The Morgan fingerprint density at radius 1 is 0.830 bits per heavy atom. The molecule has 0 unspecified atom stereocenters. The lowest BCUT2D eigenvalue weighted by molar-refractivity contribution is -0.140. The molecule has 47 heavy (non-hydrogen) atoms. The molecule has 1 atom stereocenters. The maximum absolute atomic E-state index is 14.7. The van der Waals surface area contributed by atoms with Crippen LogP contribution >= 0.6 is 11.6 Å². The Kier molecular flexibility index (Phi) is 11.0. The van der Waals surface area contributed by atoms with Crippen LogP contribution in [-0.4, -0.2) is 43.8 Å². The first-order valence-corrected chi connectivity index (χ1v) is 17.9. The van der Waals surface area contributed by atoms with Gasteiger partial charge in [0.15, 0.2) is 0 Å². The summed E-state index contributed by atoms with van der Waals surface area (Å²) in [5, 5.41) is 3.66. The molecule has 1 aliphatic rings. The fourth-order valence-corrected chi connectivity index (χ4v) is 7.79. The monoisotopic (exact) mass is 671 g/mol. The molecule has 0 bridgehead atoms. The number of sulfonamides is 1. The number of halogens is 1. The number of amides is 2. The summed E-state index contributed by atoms with van der Waals surface area (Å²) in [5.41, 5.74) is 4.57. The highest BCUT2D eigenvalue weighted by Gasteiger charge is 2.36. The quantitative estimate of drug-likeness (QED) is 0.173. The van der Waals surface area contributed by atoms with Crippen LogP contribution in [0.3, 0.4) is 0 Å². The Hall–Kier alpha value is -4.14. The van der Waals surface area contributed by atoms with Crippen molar-refractivity contribution in [2.45, 2.75) is 76.4 Å². The lowest BCUT2D eigenvalue weighted by Crippen LogP contribution is -2.54. The maximum Gasteiger partial charge on any atom is 0.264 e. The predicted octanol–water partition coefficient (Wildman–Crippen LogP) is 7.16. The fraction of sp³-hybridized carbons (Fsp3) is 0.316. The lowest BCUT2D eigenvalue weighted by atomic mass is 10.0. The normalized spacial score (nSPS) is 14.0. The summed E-state index contributed by atoms with van der Waals surface area (Å²) in [6.45, 7) is 5.19. The van der Waals surface area contributed by atoms with Gasteiger partial charge >= 0.3 is 0 Å². The van der Waals surface area contributed by atoms with Crippen LogP contribution in [-0.2, 0) is 32.6 Å². The van der Waals surface area contributed by atoms with E-state index in [0.29, 0.717) is 16.3 Å². The van der Waals surface area contributed by atoms with Crippen molar-refractivity contribution < 1.29 is 18.0 Å². The van der Waals surface area contributed by atoms with Gasteiger partial charge < -0.3 is 10.2 Å². The second-order valence-corrected chi connectivity index (χ2v) is 14.7. The summed E-state index contributed by atoms with van der Waals surface area (Å²) in [4.78, 5) is 30.4. The van der Waals surface area contributed by atoms with E-state index in [4.69, 9.17) is 11.6 Å². The summed E-state index contributed by atoms with van der Waals surface area (Å²) < 4.78 is 29.8. The molecule has 5 rings (SSSR count). The average molecular weight is 672 g/mol. The molecule has 246 valence electrons. The highest BCUT2D eigenvalue weighted by atomic mass is 35.5. The van der Waals surface area contributed by atoms with E-state index in [1.54, 1.807) is 42.5 Å². The van der Waals surface area contributed by atoms with Gasteiger partial charge in [-0.2, -0.15) is 0 Å². The number of anilines is 1. The molecule has 0 aromatic heterocycles. The van der Waals surface area contributed by atoms with Crippen molar-refractivity contribution in [3.8, 4) is 0 Å². The van der Waals surface area contributed by atoms with Gasteiger partial charge in [0.1, 0.15) is 12.6 Å². The van der Waals surface area contributed by atoms with Crippen LogP contribution in [0.2, 0.25) is 5.02 Å². The van der Waals surface area contributed by atoms with Gasteiger partial charge in [-0.15, -0.1) is 0 Å². The summed E-state index contributed by atoms with van der Waals surface area (Å²) >= 11 is 6.61. The first-order valence-electron chi connectivity index (χ1n) is 16.1. The molecule has 0 saturated heterocycles. The van der Waals surface area contributed by atoms with Gasteiger partial charge in [-0.25, -0.2) is 8.42 Å². The van der Waals surface area contributed by atoms with Gasteiger partial charge in [0.05, 0.1) is 10.6 Å². The van der Waals surface area contributed by atoms with E-state index in [-0.39, 0.29) is 29.8 Å². The summed E-state index contributed by atoms with van der Waals surface area (Å²) in [6.07, 6.45) is 4.11. The first-order chi connectivity index (χ1) is 22.5. The largest absolute Gasteiger partial charge is 0.352 e. The number of aryl methyl sites for hydroxylation is 3. The second-order valence-electron chi connectivity index (χ2n) is 12.5. The maximum atomic E-state index is 14.7. The van der Waals surface area contributed by atoms with Crippen LogP contribution in [0.25, 0.3) is 0 Å². The molecule has 4 aromatic rings. The summed E-state index contributed by atoms with van der Waals surface area (Å²) in [7, 11) is -4.18. The number of hydrogen-bond acceptors (Lipinski definition) is 4. The van der Waals surface area contributed by atoms with Crippen molar-refractivity contribution in [3.63, 3.8) is 0 Å². The van der Waals surface area contributed by atoms with Crippen LogP contribution in [0.15, 0.2) is 102 Å². The zero-order valence-electron chi connectivity index (χ0n) is 27.2. The molecule has 1 saturated carbocycles. The number of hydrogen-bond donors (Lipinski definition) is 1. The smallest absolute Gasteiger partial charge is 0.264 e. The molecular formula is C38H42ClN3O4S. The molecule has 1 fully saturated rings. The van der Waals surface area contributed by atoms with E-state index in [1.807, 2.05) is 75.4 Å². The molecule has 1 N–H and O–H groups in total. The Balaban J connectivity index is 1.59. The first kappa shape index (κ1) is 34.2. The minimum absolute atomic E-state index is 0.0271. The third-order valence-corrected chi connectivity index (χ3v) is 10.8. The van der Waals surface area contributed by atoms with Crippen LogP contribution in [0.4, 0.5) is 5.69 Å². The van der Waals surface area contributed by atoms with Crippen molar-refractivity contribution in [2.24, 2.45) is 0 Å². The van der Waals surface area contributed by atoms with Crippen molar-refractivity contribution >= 4 is 39.1 Å². The fourth-order valence-electron chi connectivity index (χ4n) is 6.19. The standard InChI is InChI=1S/C38H42ClN3O4S/c1-27-17-19-34(20-18-27)47(45,46)42(33-22-28(2)21-29(3)23-33)26-37(43)41(25-31-13-7-10-16-35(31)39)36(24-30-11-5-4-6-12-30)38(44)40-32-14-8-9-15-32/h4-7,10-13,16-23,32,36H,8-9,14-15,24-26H2,1-3H3,(H,40,44)/t36-/m1/s1. The molecule has 7 nitrogen and oxygen atoms in total. The molecule has 0 radical (unpaired) electrons. The number of rotatable bonds is 12. The van der Waals surface area contributed by atoms with Gasteiger partial charge in [-0.1, -0.05) is 96.7 Å².